The third-order valence-electron chi connectivity index (χ3n) is 9.53. The van der Waals surface area contributed by atoms with Gasteiger partial charge in [-0.3, -0.25) is 24.4 Å². The Labute approximate surface area is 412 Å². The van der Waals surface area contributed by atoms with Gasteiger partial charge in [0.25, 0.3) is 0 Å². The van der Waals surface area contributed by atoms with Crippen molar-refractivity contribution in [2.75, 3.05) is 0 Å². The number of aliphatic hydroxyl groups excluding tert-OH is 3. The maximum absolute atomic E-state index is 11.8. The fraction of sp³-hybridized carbons (Fsp3) is 0. The second-order valence-corrected chi connectivity index (χ2v) is 14.1. The van der Waals surface area contributed by atoms with Crippen molar-refractivity contribution >= 4 is 56.4 Å². The third-order valence-corrected chi connectivity index (χ3v) is 9.53. The number of nitrogens with zero attached hydrogens (tertiary/aromatic N) is 2. The molecule has 0 spiro atoms. The van der Waals surface area contributed by atoms with Crippen LogP contribution in [-0.2, 0) is 0 Å². The molecule has 7 aromatic carbocycles. The van der Waals surface area contributed by atoms with E-state index in [-0.39, 0.29) is 71.9 Å². The molecule has 8 nitrogen and oxygen atoms in total. The Balaban J connectivity index is 0.000000164. The zero-order valence-corrected chi connectivity index (χ0v) is 37.3. The number of fused-ring (bicyclic) bond motifs is 3. The molecule has 0 aliphatic carbocycles. The Bertz CT molecular complexity index is 2740. The molecule has 66 heavy (non-hydrogen) atoms. The molecule has 0 radical (unpaired) electrons. The summed E-state index contributed by atoms with van der Waals surface area (Å²) in [5, 5.41) is 31.7. The van der Waals surface area contributed by atoms with E-state index in [9.17, 15) is 29.7 Å². The Morgan fingerprint density at radius 3 is 0.773 bits per heavy atom. The standard InChI is InChI=1S/3C15H12O2.C12H8N2.Er/c3*16-14(12-7-3-1-4-8-12)11-15(17)13-9-5-2-6-10-13;1-3-9-5-6-10-4-2-8-14-12(10)11(9)13-7-1;/h3*1-11,16H;1-8H;/b3*14-11+;;. The quantitative estimate of drug-likeness (QED) is 0.0562. The van der Waals surface area contributed by atoms with E-state index in [4.69, 9.17) is 0 Å². The van der Waals surface area contributed by atoms with Crippen LogP contribution >= 0.6 is 0 Å². The largest absolute Gasteiger partial charge is 0.507 e. The van der Waals surface area contributed by atoms with Crippen LogP contribution in [0.2, 0.25) is 0 Å². The number of hydrogen-bond acceptors (Lipinski definition) is 8. The smallest absolute Gasteiger partial charge is 0.189 e. The predicted octanol–water partition coefficient (Wildman–Crippen LogP) is 13.2. The van der Waals surface area contributed by atoms with Gasteiger partial charge in [-0.05, 0) is 12.1 Å². The van der Waals surface area contributed by atoms with Crippen LogP contribution in [0.15, 0.2) is 249 Å². The van der Waals surface area contributed by atoms with Crippen molar-refractivity contribution in [2.24, 2.45) is 0 Å². The number of pyridine rings is 2. The first-order valence-electron chi connectivity index (χ1n) is 20.5. The minimum absolute atomic E-state index is 0. The van der Waals surface area contributed by atoms with Gasteiger partial charge in [0.15, 0.2) is 17.3 Å². The Morgan fingerprint density at radius 2 is 0.530 bits per heavy atom. The number of aromatic nitrogens is 2. The number of allylic oxidation sites excluding steroid dienone is 3. The first kappa shape index (κ1) is 49.3. The molecule has 9 heteroatoms. The van der Waals surface area contributed by atoms with Gasteiger partial charge in [0.1, 0.15) is 17.3 Å². The van der Waals surface area contributed by atoms with E-state index >= 15 is 0 Å². The number of rotatable bonds is 9. The van der Waals surface area contributed by atoms with Crippen molar-refractivity contribution in [1.29, 1.82) is 0 Å². The Hall–Kier alpha value is -7.76. The van der Waals surface area contributed by atoms with E-state index in [0.29, 0.717) is 33.4 Å². The van der Waals surface area contributed by atoms with Gasteiger partial charge in [0.05, 0.1) is 11.0 Å². The number of carbonyl (C=O) groups excluding carboxylic acids is 3. The van der Waals surface area contributed by atoms with Crippen LogP contribution in [0.4, 0.5) is 0 Å². The third kappa shape index (κ3) is 14.9. The topological polar surface area (TPSA) is 138 Å². The summed E-state index contributed by atoms with van der Waals surface area (Å²) in [6, 6.07) is 65.7. The molecule has 0 aliphatic heterocycles. The molecule has 2 heterocycles. The van der Waals surface area contributed by atoms with Crippen LogP contribution in [0.5, 0.6) is 0 Å². The van der Waals surface area contributed by atoms with E-state index < -0.39 is 0 Å². The van der Waals surface area contributed by atoms with E-state index in [1.165, 1.54) is 18.2 Å². The molecule has 9 aromatic rings. The molecular weight excluding hydrogens is 976 g/mol. The summed E-state index contributed by atoms with van der Waals surface area (Å²) in [5.41, 5.74) is 5.56. The van der Waals surface area contributed by atoms with Crippen LogP contribution in [0.25, 0.3) is 39.1 Å². The van der Waals surface area contributed by atoms with Gasteiger partial charge in [0, 0.05) is 112 Å². The molecule has 2 aromatic heterocycles. The normalized spacial score (nSPS) is 10.9. The molecule has 0 atom stereocenters. The molecule has 3 N–H and O–H groups in total. The monoisotopic (exact) mass is 1020 g/mol. The van der Waals surface area contributed by atoms with Gasteiger partial charge < -0.3 is 15.3 Å². The van der Waals surface area contributed by atoms with Crippen LogP contribution < -0.4 is 0 Å². The van der Waals surface area contributed by atoms with Crippen molar-refractivity contribution in [3.63, 3.8) is 0 Å². The molecule has 0 fully saturated rings. The van der Waals surface area contributed by atoms with Gasteiger partial charge >= 0.3 is 0 Å². The van der Waals surface area contributed by atoms with Gasteiger partial charge in [-0.1, -0.05) is 206 Å². The second kappa shape index (κ2) is 26.1. The maximum atomic E-state index is 11.8. The van der Waals surface area contributed by atoms with E-state index in [1.54, 1.807) is 122 Å². The van der Waals surface area contributed by atoms with Crippen LogP contribution in [-0.4, -0.2) is 42.6 Å². The fourth-order valence-corrected chi connectivity index (χ4v) is 6.19. The average Bonchev–Trinajstić information content (AvgIpc) is 3.38. The molecule has 0 saturated carbocycles. The van der Waals surface area contributed by atoms with Crippen molar-refractivity contribution in [2.45, 2.75) is 0 Å². The number of carbonyl (C=O) groups is 3. The predicted molar refractivity (Wildman–Crippen MR) is 261 cm³/mol. The summed E-state index contributed by atoms with van der Waals surface area (Å²) >= 11 is 0. The zero-order valence-electron chi connectivity index (χ0n) is 35.4. The molecule has 9 rings (SSSR count). The van der Waals surface area contributed by atoms with Gasteiger partial charge in [-0.2, -0.15) is 0 Å². The summed E-state index contributed by atoms with van der Waals surface area (Å²) < 4.78 is 0. The van der Waals surface area contributed by atoms with E-state index in [1.807, 2.05) is 84.9 Å². The summed E-state index contributed by atoms with van der Waals surface area (Å²) in [7, 11) is 0. The minimum atomic E-state index is -0.202. The number of ketones is 3. The van der Waals surface area contributed by atoms with Crippen LogP contribution in [0, 0.1) is 37.3 Å². The summed E-state index contributed by atoms with van der Waals surface area (Å²) in [4.78, 5) is 44.1. The fourth-order valence-electron chi connectivity index (χ4n) is 6.19. The van der Waals surface area contributed by atoms with Gasteiger partial charge in [0.2, 0.25) is 0 Å². The van der Waals surface area contributed by atoms with E-state index in [0.717, 1.165) is 21.8 Å². The number of aliphatic hydroxyl groups is 3. The molecule has 0 bridgehead atoms. The van der Waals surface area contributed by atoms with Crippen molar-refractivity contribution < 1.29 is 67.0 Å². The molecule has 0 unspecified atom stereocenters. The average molecular weight is 1020 g/mol. The molecule has 0 saturated heterocycles. The summed E-state index contributed by atoms with van der Waals surface area (Å²) in [6.45, 7) is 0. The first-order valence-corrected chi connectivity index (χ1v) is 20.5. The summed E-state index contributed by atoms with van der Waals surface area (Å²) in [6.07, 6.45) is 7.33. The Morgan fingerprint density at radius 1 is 0.303 bits per heavy atom. The van der Waals surface area contributed by atoms with Crippen molar-refractivity contribution in [3.05, 3.63) is 282 Å². The van der Waals surface area contributed by atoms with Gasteiger partial charge in [-0.15, -0.1) is 0 Å². The Kier molecular flexibility index (Phi) is 19.5. The second-order valence-electron chi connectivity index (χ2n) is 14.1. The van der Waals surface area contributed by atoms with Crippen molar-refractivity contribution in [1.82, 2.24) is 9.97 Å². The maximum Gasteiger partial charge on any atom is 0.189 e. The van der Waals surface area contributed by atoms with Crippen molar-refractivity contribution in [3.8, 4) is 0 Å². The van der Waals surface area contributed by atoms with Crippen LogP contribution in [0.3, 0.4) is 0 Å². The molecular formula is C57H44ErN2O6. The van der Waals surface area contributed by atoms with E-state index in [2.05, 4.69) is 34.2 Å². The number of hydrogen-bond donors (Lipinski definition) is 3. The SMILES string of the molecule is O=C(/C=C(/O)c1ccccc1)c1ccccc1.O=C(/C=C(/O)c1ccccc1)c1ccccc1.O=C(/C=C(/O)c1ccccc1)c1ccccc1.[Er].c1cnc2c(c1)ccc1cccnc12. The zero-order chi connectivity index (χ0) is 45.6. The molecule has 0 amide bonds. The van der Waals surface area contributed by atoms with Crippen LogP contribution in [0.1, 0.15) is 47.8 Å². The summed E-state index contributed by atoms with van der Waals surface area (Å²) in [5.74, 6) is -0.649. The molecule has 0 aliphatic rings. The number of benzene rings is 7. The first-order chi connectivity index (χ1) is 31.8. The molecule has 330 valence electrons. The van der Waals surface area contributed by atoms with Gasteiger partial charge in [-0.25, -0.2) is 0 Å². The minimum Gasteiger partial charge on any atom is -0.507 e.